The molecule has 0 fully saturated rings. The summed E-state index contributed by atoms with van der Waals surface area (Å²) in [6.45, 7) is 6.27. The maximum atomic E-state index is 5.16. The smallest absolute Gasteiger partial charge is 0.203 e. The van der Waals surface area contributed by atoms with E-state index in [1.165, 1.54) is 0 Å². The molecule has 0 saturated heterocycles. The van der Waals surface area contributed by atoms with Crippen LogP contribution in [0.25, 0.3) is 0 Å². The van der Waals surface area contributed by atoms with Gasteiger partial charge in [0.25, 0.3) is 0 Å². The molecule has 0 radical (unpaired) electrons. The molecule has 0 heterocycles. The quantitative estimate of drug-likeness (QED) is 0.397. The van der Waals surface area contributed by atoms with E-state index in [2.05, 4.69) is 13.8 Å². The van der Waals surface area contributed by atoms with Gasteiger partial charge in [-0.1, -0.05) is 19.9 Å². The first-order valence-corrected chi connectivity index (χ1v) is 3.74. The monoisotopic (exact) mass is 130 g/mol. The van der Waals surface area contributed by atoms with Crippen molar-refractivity contribution >= 4 is 10.5 Å². The van der Waals surface area contributed by atoms with Gasteiger partial charge in [0.15, 0.2) is 0 Å². The van der Waals surface area contributed by atoms with E-state index in [9.17, 15) is 0 Å². The highest BCUT2D eigenvalue weighted by atomic mass is 28.2. The van der Waals surface area contributed by atoms with Crippen LogP contribution in [-0.4, -0.2) is 10.5 Å². The van der Waals surface area contributed by atoms with E-state index < -0.39 is 0 Å². The average molecular weight is 130 g/mol. The van der Waals surface area contributed by atoms with Gasteiger partial charge < -0.3 is 4.43 Å². The van der Waals surface area contributed by atoms with Gasteiger partial charge in [-0.3, -0.25) is 0 Å². The van der Waals surface area contributed by atoms with Crippen molar-refractivity contribution in [2.75, 3.05) is 0 Å². The van der Waals surface area contributed by atoms with Crippen LogP contribution in [0.5, 0.6) is 0 Å². The van der Waals surface area contributed by atoms with Crippen LogP contribution in [0, 0.1) is 5.92 Å². The number of hydrogen-bond donors (Lipinski definition) is 0. The summed E-state index contributed by atoms with van der Waals surface area (Å²) in [5.41, 5.74) is 0. The fraction of sp³-hybridized carbons (Fsp3) is 0.667. The molecule has 0 spiro atoms. The fourth-order valence-electron chi connectivity index (χ4n) is 0.687. The van der Waals surface area contributed by atoms with Gasteiger partial charge >= 0.3 is 0 Å². The van der Waals surface area contributed by atoms with Crippen LogP contribution in [0.4, 0.5) is 0 Å². The third-order valence-electron chi connectivity index (χ3n) is 1.09. The van der Waals surface area contributed by atoms with Crippen molar-refractivity contribution in [1.29, 1.82) is 0 Å². The lowest BCUT2D eigenvalue weighted by molar-refractivity contribution is 0.399. The second kappa shape index (κ2) is 3.72. The summed E-state index contributed by atoms with van der Waals surface area (Å²) in [5.74, 6) is 1.68. The van der Waals surface area contributed by atoms with Crippen molar-refractivity contribution in [2.24, 2.45) is 5.92 Å². The molecule has 0 aromatic carbocycles. The Labute approximate surface area is 54.3 Å². The van der Waals surface area contributed by atoms with Gasteiger partial charge in [-0.25, -0.2) is 0 Å². The zero-order chi connectivity index (χ0) is 6.57. The maximum absolute atomic E-state index is 5.16. The minimum atomic E-state index is 0.553. The fourth-order valence-corrected chi connectivity index (χ4v) is 1.39. The molecular formula is C6H14OSi. The predicted molar refractivity (Wildman–Crippen MR) is 39.6 cm³/mol. The molecule has 0 aromatic heterocycles. The molecule has 0 N–H and O–H groups in total. The first-order valence-electron chi connectivity index (χ1n) is 2.92. The summed E-state index contributed by atoms with van der Waals surface area (Å²) < 4.78 is 5.16. The van der Waals surface area contributed by atoms with E-state index in [-0.39, 0.29) is 0 Å². The zero-order valence-electron chi connectivity index (χ0n) is 6.06. The molecule has 1 nitrogen and oxygen atoms in total. The predicted octanol–water partition coefficient (Wildman–Crippen LogP) is 0.843. The molecule has 0 amide bonds. The molecule has 48 valence electrons. The number of hydrogen-bond acceptors (Lipinski definition) is 1. The summed E-state index contributed by atoms with van der Waals surface area (Å²) in [5, 5.41) is 0. The van der Waals surface area contributed by atoms with Crippen LogP contribution < -0.4 is 0 Å². The summed E-state index contributed by atoms with van der Waals surface area (Å²) in [4.78, 5) is 0. The van der Waals surface area contributed by atoms with Gasteiger partial charge in [-0.05, 0) is 6.92 Å². The summed E-state index contributed by atoms with van der Waals surface area (Å²) in [7, 11) is 0.811. The van der Waals surface area contributed by atoms with Crippen LogP contribution in [0.2, 0.25) is 0 Å². The SMILES string of the molecule is CC=C(O[SiH3])C(C)C. The highest BCUT2D eigenvalue weighted by Gasteiger charge is 1.96. The van der Waals surface area contributed by atoms with Crippen LogP contribution in [0.3, 0.4) is 0 Å². The molecule has 0 bridgehead atoms. The highest BCUT2D eigenvalue weighted by Crippen LogP contribution is 2.07. The molecule has 0 aliphatic rings. The number of rotatable bonds is 2. The largest absolute Gasteiger partial charge is 0.556 e. The van der Waals surface area contributed by atoms with E-state index in [0.717, 1.165) is 16.2 Å². The van der Waals surface area contributed by atoms with Crippen molar-refractivity contribution in [3.05, 3.63) is 11.8 Å². The van der Waals surface area contributed by atoms with Crippen LogP contribution in [0.1, 0.15) is 20.8 Å². The molecular weight excluding hydrogens is 116 g/mol. The molecule has 0 aliphatic carbocycles. The Hall–Kier alpha value is -0.243. The Morgan fingerprint density at radius 3 is 2.12 bits per heavy atom. The Morgan fingerprint density at radius 1 is 1.62 bits per heavy atom. The lowest BCUT2D eigenvalue weighted by Crippen LogP contribution is -1.95. The van der Waals surface area contributed by atoms with Crippen molar-refractivity contribution in [3.63, 3.8) is 0 Å². The van der Waals surface area contributed by atoms with E-state index in [1.807, 2.05) is 13.0 Å². The van der Waals surface area contributed by atoms with E-state index in [4.69, 9.17) is 4.43 Å². The third-order valence-corrected chi connectivity index (χ3v) is 1.56. The summed E-state index contributed by atoms with van der Waals surface area (Å²) >= 11 is 0. The first kappa shape index (κ1) is 7.76. The lowest BCUT2D eigenvalue weighted by Gasteiger charge is -2.08. The van der Waals surface area contributed by atoms with Crippen molar-refractivity contribution in [2.45, 2.75) is 20.8 Å². The van der Waals surface area contributed by atoms with Crippen LogP contribution >= 0.6 is 0 Å². The Morgan fingerprint density at radius 2 is 2.12 bits per heavy atom. The first-order chi connectivity index (χ1) is 3.72. The van der Waals surface area contributed by atoms with E-state index in [1.54, 1.807) is 0 Å². The standard InChI is InChI=1S/C6H14OSi/c1-4-6(7-8)5(2)3/h4-5H,1-3,8H3. The van der Waals surface area contributed by atoms with E-state index in [0.29, 0.717) is 5.92 Å². The van der Waals surface area contributed by atoms with Gasteiger partial charge in [-0.2, -0.15) is 0 Å². The normalized spacial score (nSPS) is 12.8. The molecule has 0 atom stereocenters. The average Bonchev–Trinajstić information content (AvgIpc) is 1.69. The molecule has 0 saturated carbocycles. The molecule has 0 aromatic rings. The van der Waals surface area contributed by atoms with E-state index >= 15 is 0 Å². The molecule has 0 unspecified atom stereocenters. The van der Waals surface area contributed by atoms with Crippen molar-refractivity contribution < 1.29 is 4.43 Å². The molecule has 2 heteroatoms. The summed E-state index contributed by atoms with van der Waals surface area (Å²) in [6.07, 6.45) is 2.03. The molecule has 0 rings (SSSR count). The Bertz CT molecular complexity index is 86.5. The lowest BCUT2D eigenvalue weighted by atomic mass is 10.2. The van der Waals surface area contributed by atoms with Crippen LogP contribution in [0.15, 0.2) is 11.8 Å². The van der Waals surface area contributed by atoms with Gasteiger partial charge in [0.1, 0.15) is 0 Å². The van der Waals surface area contributed by atoms with Crippen molar-refractivity contribution in [1.82, 2.24) is 0 Å². The maximum Gasteiger partial charge on any atom is 0.203 e. The molecule has 8 heavy (non-hydrogen) atoms. The zero-order valence-corrected chi connectivity index (χ0v) is 8.06. The second-order valence-corrected chi connectivity index (χ2v) is 2.46. The third kappa shape index (κ3) is 2.16. The minimum absolute atomic E-state index is 0.553. The van der Waals surface area contributed by atoms with Crippen molar-refractivity contribution in [3.8, 4) is 0 Å². The van der Waals surface area contributed by atoms with Gasteiger partial charge in [0.2, 0.25) is 10.5 Å². The molecule has 0 aliphatic heterocycles. The summed E-state index contributed by atoms with van der Waals surface area (Å²) in [6, 6.07) is 0. The topological polar surface area (TPSA) is 9.23 Å². The highest BCUT2D eigenvalue weighted by molar-refractivity contribution is 5.98. The Balaban J connectivity index is 3.72. The Kier molecular flexibility index (Phi) is 3.61. The minimum Gasteiger partial charge on any atom is -0.556 e. The van der Waals surface area contributed by atoms with Gasteiger partial charge in [-0.15, -0.1) is 0 Å². The second-order valence-electron chi connectivity index (χ2n) is 2.05. The van der Waals surface area contributed by atoms with Gasteiger partial charge in [0, 0.05) is 5.92 Å². The van der Waals surface area contributed by atoms with Gasteiger partial charge in [0.05, 0.1) is 5.76 Å². The number of allylic oxidation sites excluding steroid dienone is 2. The van der Waals surface area contributed by atoms with Crippen LogP contribution in [-0.2, 0) is 4.43 Å².